The molecule has 0 aliphatic carbocycles. The Labute approximate surface area is 120 Å². The molecule has 0 aliphatic rings. The summed E-state index contributed by atoms with van der Waals surface area (Å²) in [6.07, 6.45) is 1.54. The summed E-state index contributed by atoms with van der Waals surface area (Å²) in [7, 11) is -3.64. The molecule has 0 aromatic heterocycles. The minimum atomic E-state index is -3.64. The normalized spacial score (nSPS) is 11.3. The number of carbonyl (C=O) groups excluding carboxylic acids is 1. The number of hydrogen-bond donors (Lipinski definition) is 1. The van der Waals surface area contributed by atoms with Crippen LogP contribution in [0.4, 0.5) is 0 Å². The van der Waals surface area contributed by atoms with E-state index >= 15 is 0 Å². The minimum absolute atomic E-state index is 0.194. The molecule has 0 aliphatic heterocycles. The molecule has 0 spiro atoms. The summed E-state index contributed by atoms with van der Waals surface area (Å²) in [5.74, 6) is -0.345. The first kappa shape index (κ1) is 16.4. The van der Waals surface area contributed by atoms with Gasteiger partial charge < -0.3 is 5.32 Å². The summed E-state index contributed by atoms with van der Waals surface area (Å²) in [6, 6.07) is 6.57. The van der Waals surface area contributed by atoms with Gasteiger partial charge in [-0.3, -0.25) is 4.79 Å². The molecule has 0 unspecified atom stereocenters. The summed E-state index contributed by atoms with van der Waals surface area (Å²) in [5.41, 5.74) is 0.982. The lowest BCUT2D eigenvalue weighted by Gasteiger charge is -2.20. The highest BCUT2D eigenvalue weighted by Gasteiger charge is 2.24. The van der Waals surface area contributed by atoms with Crippen LogP contribution in [-0.4, -0.2) is 38.3 Å². The monoisotopic (exact) mass is 296 g/mol. The SMILES string of the molecule is C=CCNC(=O)CN(CC)S(=O)(=O)c1ccc(C)cc1. The molecular formula is C14H20N2O3S. The molecule has 0 bridgehead atoms. The lowest BCUT2D eigenvalue weighted by atomic mass is 10.2. The van der Waals surface area contributed by atoms with Gasteiger partial charge in [0.15, 0.2) is 0 Å². The maximum Gasteiger partial charge on any atom is 0.243 e. The fourth-order valence-corrected chi connectivity index (χ4v) is 3.03. The second-order valence-electron chi connectivity index (χ2n) is 4.34. The van der Waals surface area contributed by atoms with Crippen molar-refractivity contribution in [1.29, 1.82) is 0 Å². The number of likely N-dealkylation sites (N-methyl/N-ethyl adjacent to an activating group) is 1. The Bertz CT molecular complexity index is 565. The number of nitrogens with zero attached hydrogens (tertiary/aromatic N) is 1. The molecule has 20 heavy (non-hydrogen) atoms. The molecular weight excluding hydrogens is 276 g/mol. The third kappa shape index (κ3) is 4.18. The lowest BCUT2D eigenvalue weighted by molar-refractivity contribution is -0.121. The molecule has 1 aromatic rings. The van der Waals surface area contributed by atoms with Crippen LogP contribution in [0, 0.1) is 6.92 Å². The second-order valence-corrected chi connectivity index (χ2v) is 6.27. The number of hydrogen-bond acceptors (Lipinski definition) is 3. The molecule has 1 amide bonds. The number of rotatable bonds is 7. The van der Waals surface area contributed by atoms with E-state index in [2.05, 4.69) is 11.9 Å². The van der Waals surface area contributed by atoms with E-state index < -0.39 is 10.0 Å². The fourth-order valence-electron chi connectivity index (χ4n) is 1.63. The van der Waals surface area contributed by atoms with Crippen LogP contribution in [0.25, 0.3) is 0 Å². The fraction of sp³-hybridized carbons (Fsp3) is 0.357. The number of amides is 1. The Hall–Kier alpha value is -1.66. The van der Waals surface area contributed by atoms with Crippen LogP contribution in [0.3, 0.4) is 0 Å². The Kier molecular flexibility index (Phi) is 5.91. The second kappa shape index (κ2) is 7.21. The van der Waals surface area contributed by atoms with Crippen LogP contribution in [0.2, 0.25) is 0 Å². The van der Waals surface area contributed by atoms with Crippen molar-refractivity contribution in [2.75, 3.05) is 19.6 Å². The first-order valence-electron chi connectivity index (χ1n) is 6.36. The maximum atomic E-state index is 12.4. The van der Waals surface area contributed by atoms with E-state index in [1.165, 1.54) is 0 Å². The van der Waals surface area contributed by atoms with Gasteiger partial charge in [0.25, 0.3) is 0 Å². The van der Waals surface area contributed by atoms with Gasteiger partial charge in [-0.25, -0.2) is 8.42 Å². The zero-order chi connectivity index (χ0) is 15.2. The molecule has 110 valence electrons. The number of sulfonamides is 1. The van der Waals surface area contributed by atoms with Crippen molar-refractivity contribution in [2.24, 2.45) is 0 Å². The van der Waals surface area contributed by atoms with Crippen LogP contribution in [-0.2, 0) is 14.8 Å². The van der Waals surface area contributed by atoms with Gasteiger partial charge in [0.1, 0.15) is 0 Å². The topological polar surface area (TPSA) is 66.5 Å². The highest BCUT2D eigenvalue weighted by molar-refractivity contribution is 7.89. The number of benzene rings is 1. The van der Waals surface area contributed by atoms with Crippen LogP contribution < -0.4 is 5.32 Å². The zero-order valence-electron chi connectivity index (χ0n) is 11.8. The van der Waals surface area contributed by atoms with E-state index in [1.54, 1.807) is 37.3 Å². The largest absolute Gasteiger partial charge is 0.351 e. The van der Waals surface area contributed by atoms with Crippen molar-refractivity contribution in [1.82, 2.24) is 9.62 Å². The van der Waals surface area contributed by atoms with Gasteiger partial charge in [-0.05, 0) is 19.1 Å². The Morgan fingerprint density at radius 2 is 1.95 bits per heavy atom. The zero-order valence-corrected chi connectivity index (χ0v) is 12.6. The first-order valence-corrected chi connectivity index (χ1v) is 7.80. The van der Waals surface area contributed by atoms with Crippen LogP contribution in [0.15, 0.2) is 41.8 Å². The predicted octanol–water partition coefficient (Wildman–Crippen LogP) is 1.31. The molecule has 5 nitrogen and oxygen atoms in total. The molecule has 0 saturated carbocycles. The van der Waals surface area contributed by atoms with Crippen molar-refractivity contribution >= 4 is 15.9 Å². The third-order valence-electron chi connectivity index (χ3n) is 2.77. The molecule has 0 atom stereocenters. The predicted molar refractivity (Wildman–Crippen MR) is 78.8 cm³/mol. The Morgan fingerprint density at radius 1 is 1.35 bits per heavy atom. The summed E-state index contributed by atoms with van der Waals surface area (Å²) < 4.78 is 26.0. The van der Waals surface area contributed by atoms with E-state index in [9.17, 15) is 13.2 Å². The minimum Gasteiger partial charge on any atom is -0.351 e. The summed E-state index contributed by atoms with van der Waals surface area (Å²) in [5, 5.41) is 2.57. The van der Waals surface area contributed by atoms with E-state index in [0.717, 1.165) is 9.87 Å². The summed E-state index contributed by atoms with van der Waals surface area (Å²) >= 11 is 0. The van der Waals surface area contributed by atoms with Crippen molar-refractivity contribution in [3.63, 3.8) is 0 Å². The maximum absolute atomic E-state index is 12.4. The smallest absolute Gasteiger partial charge is 0.243 e. The first-order chi connectivity index (χ1) is 9.41. The van der Waals surface area contributed by atoms with Gasteiger partial charge in [0, 0.05) is 13.1 Å². The van der Waals surface area contributed by atoms with Crippen molar-refractivity contribution in [3.05, 3.63) is 42.5 Å². The van der Waals surface area contributed by atoms with E-state index in [4.69, 9.17) is 0 Å². The molecule has 0 saturated heterocycles. The van der Waals surface area contributed by atoms with Crippen LogP contribution >= 0.6 is 0 Å². The summed E-state index contributed by atoms with van der Waals surface area (Å²) in [6.45, 7) is 7.44. The number of aryl methyl sites for hydroxylation is 1. The van der Waals surface area contributed by atoms with Gasteiger partial charge in [0.2, 0.25) is 15.9 Å². The Morgan fingerprint density at radius 3 is 2.45 bits per heavy atom. The average Bonchev–Trinajstić information content (AvgIpc) is 2.42. The van der Waals surface area contributed by atoms with Crippen molar-refractivity contribution < 1.29 is 13.2 Å². The molecule has 0 heterocycles. The quantitative estimate of drug-likeness (QED) is 0.771. The van der Waals surface area contributed by atoms with E-state index in [1.807, 2.05) is 6.92 Å². The third-order valence-corrected chi connectivity index (χ3v) is 4.71. The average molecular weight is 296 g/mol. The van der Waals surface area contributed by atoms with Crippen LogP contribution in [0.5, 0.6) is 0 Å². The highest BCUT2D eigenvalue weighted by Crippen LogP contribution is 2.15. The molecule has 0 radical (unpaired) electrons. The molecule has 0 fully saturated rings. The van der Waals surface area contributed by atoms with Gasteiger partial charge in [-0.2, -0.15) is 4.31 Å². The van der Waals surface area contributed by atoms with Gasteiger partial charge >= 0.3 is 0 Å². The number of nitrogens with one attached hydrogen (secondary N) is 1. The number of carbonyl (C=O) groups is 1. The van der Waals surface area contributed by atoms with Gasteiger partial charge in [-0.15, -0.1) is 6.58 Å². The van der Waals surface area contributed by atoms with Gasteiger partial charge in [0.05, 0.1) is 11.4 Å². The van der Waals surface area contributed by atoms with Crippen LogP contribution in [0.1, 0.15) is 12.5 Å². The highest BCUT2D eigenvalue weighted by atomic mass is 32.2. The van der Waals surface area contributed by atoms with E-state index in [-0.39, 0.29) is 23.9 Å². The van der Waals surface area contributed by atoms with E-state index in [0.29, 0.717) is 6.54 Å². The Balaban J connectivity index is 2.89. The molecule has 6 heteroatoms. The van der Waals surface area contributed by atoms with Crippen molar-refractivity contribution in [2.45, 2.75) is 18.7 Å². The molecule has 1 aromatic carbocycles. The molecule has 1 N–H and O–H groups in total. The standard InChI is InChI=1S/C14H20N2O3S/c1-4-10-15-14(17)11-16(5-2)20(18,19)13-8-6-12(3)7-9-13/h4,6-9H,1,5,10-11H2,2-3H3,(H,15,17). The molecule has 1 rings (SSSR count). The lowest BCUT2D eigenvalue weighted by Crippen LogP contribution is -2.40. The van der Waals surface area contributed by atoms with Gasteiger partial charge in [-0.1, -0.05) is 30.7 Å². The summed E-state index contributed by atoms with van der Waals surface area (Å²) in [4.78, 5) is 11.8. The van der Waals surface area contributed by atoms with Crippen molar-refractivity contribution in [3.8, 4) is 0 Å².